The molecule has 156 valence electrons. The molecule has 31 heavy (non-hydrogen) atoms. The van der Waals surface area contributed by atoms with E-state index in [4.69, 9.17) is 11.6 Å². The summed E-state index contributed by atoms with van der Waals surface area (Å²) >= 11 is 5.91. The molecule has 0 radical (unpaired) electrons. The van der Waals surface area contributed by atoms with Crippen molar-refractivity contribution >= 4 is 34.6 Å². The number of carbonyl (C=O) groups is 1. The minimum atomic E-state index is -0.550. The summed E-state index contributed by atoms with van der Waals surface area (Å²) in [5.41, 5.74) is 5.03. The minimum absolute atomic E-state index is 0.0320. The summed E-state index contributed by atoms with van der Waals surface area (Å²) in [4.78, 5) is 25.3. The van der Waals surface area contributed by atoms with E-state index in [1.54, 1.807) is 30.6 Å². The zero-order chi connectivity index (χ0) is 21.8. The first-order valence-electron chi connectivity index (χ1n) is 9.92. The van der Waals surface area contributed by atoms with Gasteiger partial charge in [0.2, 0.25) is 0 Å². The second kappa shape index (κ2) is 9.02. The number of hydrogen-bond donors (Lipinski definition) is 1. The zero-order valence-corrected chi connectivity index (χ0v) is 17.7. The molecule has 0 bridgehead atoms. The number of nitrogens with zero attached hydrogens (tertiary/aromatic N) is 3. The van der Waals surface area contributed by atoms with Gasteiger partial charge >= 0.3 is 0 Å². The molecule has 0 saturated carbocycles. The number of aryl methyl sites for hydroxylation is 1. The second-order valence-electron chi connectivity index (χ2n) is 7.07. The molecule has 2 aromatic carbocycles. The van der Waals surface area contributed by atoms with Crippen LogP contribution in [0, 0.1) is 0 Å². The lowest BCUT2D eigenvalue weighted by molar-refractivity contribution is 0.0953. The lowest BCUT2D eigenvalue weighted by atomic mass is 10.2. The molecule has 0 aliphatic carbocycles. The molecule has 1 amide bonds. The standard InChI is InChI=1S/C24H21ClN4O2/c1-2-28-16-18(20-6-3-4-8-22(20)28)14-26-27-23(30)21-7-5-13-29(24(21)31)15-17-9-11-19(25)12-10-17/h3-14,16H,2,15H2,1H3,(H,27,30)/b26-14-. The van der Waals surface area contributed by atoms with E-state index >= 15 is 0 Å². The highest BCUT2D eigenvalue weighted by Crippen LogP contribution is 2.19. The molecule has 4 rings (SSSR count). The number of halogens is 1. The van der Waals surface area contributed by atoms with Crippen LogP contribution in [0.4, 0.5) is 0 Å². The quantitative estimate of drug-likeness (QED) is 0.365. The van der Waals surface area contributed by atoms with Crippen molar-refractivity contribution in [3.8, 4) is 0 Å². The number of fused-ring (bicyclic) bond motifs is 1. The Morgan fingerprint density at radius 3 is 2.61 bits per heavy atom. The minimum Gasteiger partial charge on any atom is -0.347 e. The molecule has 6 nitrogen and oxygen atoms in total. The maximum atomic E-state index is 12.8. The lowest BCUT2D eigenvalue weighted by Crippen LogP contribution is -2.30. The number of benzene rings is 2. The molecule has 2 aromatic heterocycles. The van der Waals surface area contributed by atoms with E-state index in [1.165, 1.54) is 10.6 Å². The van der Waals surface area contributed by atoms with Gasteiger partial charge in [-0.25, -0.2) is 5.43 Å². The molecule has 0 atom stereocenters. The van der Waals surface area contributed by atoms with Crippen LogP contribution in [0.15, 0.2) is 83.0 Å². The SMILES string of the molecule is CCn1cc(/C=N\NC(=O)c2cccn(Cc3ccc(Cl)cc3)c2=O)c2ccccc21. The van der Waals surface area contributed by atoms with Gasteiger partial charge in [-0.15, -0.1) is 0 Å². The summed E-state index contributed by atoms with van der Waals surface area (Å²) in [5, 5.41) is 5.76. The Morgan fingerprint density at radius 2 is 1.84 bits per heavy atom. The highest BCUT2D eigenvalue weighted by atomic mass is 35.5. The average Bonchev–Trinajstić information content (AvgIpc) is 3.14. The highest BCUT2D eigenvalue weighted by molar-refractivity contribution is 6.30. The summed E-state index contributed by atoms with van der Waals surface area (Å²) in [6.07, 6.45) is 5.24. The third kappa shape index (κ3) is 4.44. The highest BCUT2D eigenvalue weighted by Gasteiger charge is 2.12. The van der Waals surface area contributed by atoms with Gasteiger partial charge in [-0.1, -0.05) is 41.9 Å². The third-order valence-corrected chi connectivity index (χ3v) is 5.31. The van der Waals surface area contributed by atoms with E-state index in [-0.39, 0.29) is 11.1 Å². The summed E-state index contributed by atoms with van der Waals surface area (Å²) < 4.78 is 3.60. The summed E-state index contributed by atoms with van der Waals surface area (Å²) in [6, 6.07) is 18.4. The molecular formula is C24H21ClN4O2. The summed E-state index contributed by atoms with van der Waals surface area (Å²) in [5.74, 6) is -0.550. The zero-order valence-electron chi connectivity index (χ0n) is 17.0. The maximum Gasteiger partial charge on any atom is 0.276 e. The molecule has 2 heterocycles. The van der Waals surface area contributed by atoms with Crippen LogP contribution in [-0.4, -0.2) is 21.3 Å². The predicted molar refractivity (Wildman–Crippen MR) is 124 cm³/mol. The van der Waals surface area contributed by atoms with Crippen molar-refractivity contribution in [2.75, 3.05) is 0 Å². The van der Waals surface area contributed by atoms with Crippen LogP contribution in [0.5, 0.6) is 0 Å². The largest absolute Gasteiger partial charge is 0.347 e. The van der Waals surface area contributed by atoms with Crippen molar-refractivity contribution in [2.24, 2.45) is 5.10 Å². The van der Waals surface area contributed by atoms with Crippen LogP contribution in [-0.2, 0) is 13.1 Å². The van der Waals surface area contributed by atoms with E-state index in [0.29, 0.717) is 11.6 Å². The van der Waals surface area contributed by atoms with Crippen LogP contribution in [0.3, 0.4) is 0 Å². The molecule has 4 aromatic rings. The smallest absolute Gasteiger partial charge is 0.276 e. The van der Waals surface area contributed by atoms with Crippen LogP contribution in [0.1, 0.15) is 28.4 Å². The van der Waals surface area contributed by atoms with Gasteiger partial charge in [-0.05, 0) is 42.8 Å². The van der Waals surface area contributed by atoms with E-state index in [1.807, 2.05) is 42.6 Å². The molecule has 0 fully saturated rings. The molecule has 0 aliphatic heterocycles. The van der Waals surface area contributed by atoms with Gasteiger partial charge in [-0.3, -0.25) is 9.59 Å². The van der Waals surface area contributed by atoms with Gasteiger partial charge in [0, 0.05) is 40.4 Å². The number of nitrogens with one attached hydrogen (secondary N) is 1. The maximum absolute atomic E-state index is 12.8. The van der Waals surface area contributed by atoms with E-state index < -0.39 is 5.91 Å². The Labute approximate surface area is 184 Å². The topological polar surface area (TPSA) is 68.4 Å². The van der Waals surface area contributed by atoms with Crippen molar-refractivity contribution in [1.82, 2.24) is 14.6 Å². The number of amides is 1. The van der Waals surface area contributed by atoms with E-state index in [2.05, 4.69) is 22.0 Å². The summed E-state index contributed by atoms with van der Waals surface area (Å²) in [7, 11) is 0. The monoisotopic (exact) mass is 432 g/mol. The van der Waals surface area contributed by atoms with E-state index in [0.717, 1.165) is 28.6 Å². The van der Waals surface area contributed by atoms with Gasteiger partial charge in [0.25, 0.3) is 11.5 Å². The lowest BCUT2D eigenvalue weighted by Gasteiger charge is -2.08. The second-order valence-corrected chi connectivity index (χ2v) is 7.50. The molecule has 1 N–H and O–H groups in total. The summed E-state index contributed by atoms with van der Waals surface area (Å²) in [6.45, 7) is 3.24. The van der Waals surface area contributed by atoms with Crippen molar-refractivity contribution in [1.29, 1.82) is 0 Å². The average molecular weight is 433 g/mol. The van der Waals surface area contributed by atoms with Crippen LogP contribution < -0.4 is 11.0 Å². The molecule has 0 spiro atoms. The fourth-order valence-corrected chi connectivity index (χ4v) is 3.61. The molecule has 7 heteroatoms. The van der Waals surface area contributed by atoms with Gasteiger partial charge in [-0.2, -0.15) is 5.10 Å². The van der Waals surface area contributed by atoms with Crippen molar-refractivity contribution in [2.45, 2.75) is 20.0 Å². The first kappa shape index (κ1) is 20.6. The first-order chi connectivity index (χ1) is 15.1. The normalized spacial score (nSPS) is 11.3. The Hall–Kier alpha value is -3.64. The fraction of sp³-hybridized carbons (Fsp3) is 0.125. The van der Waals surface area contributed by atoms with Gasteiger partial charge in [0.05, 0.1) is 12.8 Å². The molecule has 0 aliphatic rings. The van der Waals surface area contributed by atoms with Gasteiger partial charge in [0.15, 0.2) is 0 Å². The van der Waals surface area contributed by atoms with Gasteiger partial charge in [0.1, 0.15) is 5.56 Å². The predicted octanol–water partition coefficient (Wildman–Crippen LogP) is 4.29. The first-order valence-corrected chi connectivity index (χ1v) is 10.3. The Kier molecular flexibility index (Phi) is 6.00. The molecule has 0 unspecified atom stereocenters. The van der Waals surface area contributed by atoms with E-state index in [9.17, 15) is 9.59 Å². The fourth-order valence-electron chi connectivity index (χ4n) is 3.48. The Balaban J connectivity index is 1.52. The van der Waals surface area contributed by atoms with Crippen LogP contribution in [0.25, 0.3) is 10.9 Å². The Bertz CT molecular complexity index is 1320. The van der Waals surface area contributed by atoms with Crippen molar-refractivity contribution in [3.05, 3.63) is 105 Å². The van der Waals surface area contributed by atoms with Crippen LogP contribution in [0.2, 0.25) is 5.02 Å². The third-order valence-electron chi connectivity index (χ3n) is 5.06. The number of para-hydroxylation sites is 1. The number of hydrazone groups is 1. The van der Waals surface area contributed by atoms with Crippen molar-refractivity contribution in [3.63, 3.8) is 0 Å². The van der Waals surface area contributed by atoms with Gasteiger partial charge < -0.3 is 9.13 Å². The van der Waals surface area contributed by atoms with Crippen LogP contribution >= 0.6 is 11.6 Å². The number of carbonyl (C=O) groups excluding carboxylic acids is 1. The Morgan fingerprint density at radius 1 is 1.06 bits per heavy atom. The number of pyridine rings is 1. The number of aromatic nitrogens is 2. The molecule has 0 saturated heterocycles. The van der Waals surface area contributed by atoms with Crippen molar-refractivity contribution < 1.29 is 4.79 Å². The number of hydrogen-bond acceptors (Lipinski definition) is 3. The molecular weight excluding hydrogens is 412 g/mol. The number of rotatable bonds is 6.